The van der Waals surface area contributed by atoms with Gasteiger partial charge < -0.3 is 4.98 Å². The van der Waals surface area contributed by atoms with Crippen LogP contribution in [0.2, 0.25) is 0 Å². The largest absolute Gasteiger partial charge is 0.360 e. The van der Waals surface area contributed by atoms with Crippen molar-refractivity contribution in [3.05, 3.63) is 88.8 Å². The number of amides is 1. The van der Waals surface area contributed by atoms with Crippen molar-refractivity contribution >= 4 is 59.4 Å². The summed E-state index contributed by atoms with van der Waals surface area (Å²) in [5.74, 6) is -0.105. The minimum atomic E-state index is -0.105. The Labute approximate surface area is 179 Å². The zero-order chi connectivity index (χ0) is 19.8. The van der Waals surface area contributed by atoms with Gasteiger partial charge in [0.1, 0.15) is 0 Å². The third kappa shape index (κ3) is 3.43. The maximum absolute atomic E-state index is 13.6. The number of carbonyl (C=O) groups is 1. The van der Waals surface area contributed by atoms with Gasteiger partial charge in [-0.1, -0.05) is 51.5 Å². The van der Waals surface area contributed by atoms with Gasteiger partial charge >= 0.3 is 0 Å². The lowest BCUT2D eigenvalue weighted by atomic mass is 10.1. The van der Waals surface area contributed by atoms with Crippen molar-refractivity contribution in [3.63, 3.8) is 0 Å². The van der Waals surface area contributed by atoms with Crippen LogP contribution in [0.4, 0.5) is 5.13 Å². The second-order valence-corrected chi connectivity index (χ2v) is 8.49. The molecule has 5 rings (SSSR count). The van der Waals surface area contributed by atoms with Gasteiger partial charge in [-0.05, 0) is 36.4 Å². The number of para-hydroxylation sites is 1. The van der Waals surface area contributed by atoms with Crippen LogP contribution in [0.1, 0.15) is 16.1 Å². The summed E-state index contributed by atoms with van der Waals surface area (Å²) in [4.78, 5) is 27.6. The molecule has 0 atom stereocenters. The van der Waals surface area contributed by atoms with Crippen molar-refractivity contribution in [2.75, 3.05) is 4.90 Å². The summed E-state index contributed by atoms with van der Waals surface area (Å²) < 4.78 is 2.01. The molecule has 0 saturated heterocycles. The monoisotopic (exact) mass is 462 g/mol. The van der Waals surface area contributed by atoms with E-state index in [0.717, 1.165) is 31.3 Å². The number of thiazole rings is 1. The number of rotatable bonds is 4. The molecule has 0 bridgehead atoms. The van der Waals surface area contributed by atoms with Crippen molar-refractivity contribution in [2.45, 2.75) is 6.54 Å². The van der Waals surface area contributed by atoms with Crippen LogP contribution in [-0.4, -0.2) is 20.9 Å². The average molecular weight is 463 g/mol. The molecule has 0 aliphatic heterocycles. The van der Waals surface area contributed by atoms with Crippen LogP contribution in [0.5, 0.6) is 0 Å². The zero-order valence-electron chi connectivity index (χ0n) is 15.2. The first-order chi connectivity index (χ1) is 14.2. The predicted octanol–water partition coefficient (Wildman–Crippen LogP) is 5.78. The van der Waals surface area contributed by atoms with Gasteiger partial charge in [-0.15, -0.1) is 0 Å². The summed E-state index contributed by atoms with van der Waals surface area (Å²) in [6.07, 6.45) is 3.50. The number of halogens is 1. The molecule has 0 aliphatic rings. The Morgan fingerprint density at radius 1 is 1.10 bits per heavy atom. The maximum atomic E-state index is 13.6. The van der Waals surface area contributed by atoms with E-state index < -0.39 is 0 Å². The number of fused-ring (bicyclic) bond motifs is 2. The SMILES string of the molecule is O=C(c1c[nH]c2ccccc12)N(Cc1ccccn1)c1nc2ccc(Br)cc2s1. The lowest BCUT2D eigenvalue weighted by Crippen LogP contribution is -2.30. The third-order valence-corrected chi connectivity index (χ3v) is 6.22. The van der Waals surface area contributed by atoms with Crippen LogP contribution in [0.25, 0.3) is 21.1 Å². The number of aromatic amines is 1. The molecular formula is C22H15BrN4OS. The lowest BCUT2D eigenvalue weighted by molar-refractivity contribution is 0.0986. The van der Waals surface area contributed by atoms with Crippen molar-refractivity contribution in [2.24, 2.45) is 0 Å². The fraction of sp³-hybridized carbons (Fsp3) is 0.0455. The fourth-order valence-corrected chi connectivity index (χ4v) is 4.79. The third-order valence-electron chi connectivity index (χ3n) is 4.68. The maximum Gasteiger partial charge on any atom is 0.262 e. The Balaban J connectivity index is 1.61. The van der Waals surface area contributed by atoms with E-state index in [1.54, 1.807) is 17.3 Å². The Kier molecular flexibility index (Phi) is 4.61. The van der Waals surface area contributed by atoms with Gasteiger partial charge in [-0.2, -0.15) is 0 Å². The molecule has 0 aliphatic carbocycles. The van der Waals surface area contributed by atoms with E-state index in [9.17, 15) is 4.79 Å². The van der Waals surface area contributed by atoms with E-state index >= 15 is 0 Å². The van der Waals surface area contributed by atoms with Crippen molar-refractivity contribution in [1.29, 1.82) is 0 Å². The van der Waals surface area contributed by atoms with Crippen LogP contribution < -0.4 is 4.90 Å². The second kappa shape index (κ2) is 7.42. The predicted molar refractivity (Wildman–Crippen MR) is 120 cm³/mol. The first-order valence-electron chi connectivity index (χ1n) is 9.03. The Morgan fingerprint density at radius 2 is 1.97 bits per heavy atom. The number of hydrogen-bond acceptors (Lipinski definition) is 4. The molecule has 0 fully saturated rings. The zero-order valence-corrected chi connectivity index (χ0v) is 17.6. The van der Waals surface area contributed by atoms with Crippen LogP contribution in [0.3, 0.4) is 0 Å². The van der Waals surface area contributed by atoms with Gasteiger partial charge in [-0.3, -0.25) is 14.7 Å². The molecule has 0 unspecified atom stereocenters. The summed E-state index contributed by atoms with van der Waals surface area (Å²) in [6, 6.07) is 19.4. The molecule has 3 aromatic heterocycles. The van der Waals surface area contributed by atoms with Crippen LogP contribution in [-0.2, 0) is 6.54 Å². The van der Waals surface area contributed by atoms with E-state index in [1.165, 1.54) is 11.3 Å². The highest BCUT2D eigenvalue weighted by Gasteiger charge is 2.24. The van der Waals surface area contributed by atoms with Gasteiger partial charge in [0.2, 0.25) is 0 Å². The number of anilines is 1. The number of pyridine rings is 1. The number of benzene rings is 2. The van der Waals surface area contributed by atoms with E-state index in [4.69, 9.17) is 4.98 Å². The van der Waals surface area contributed by atoms with Crippen molar-refractivity contribution in [3.8, 4) is 0 Å². The first-order valence-corrected chi connectivity index (χ1v) is 10.6. The molecule has 1 N–H and O–H groups in total. The summed E-state index contributed by atoms with van der Waals surface area (Å²) in [7, 11) is 0. The molecule has 0 spiro atoms. The quantitative estimate of drug-likeness (QED) is 0.368. The number of carbonyl (C=O) groups excluding carboxylic acids is 1. The molecule has 1 amide bonds. The lowest BCUT2D eigenvalue weighted by Gasteiger charge is -2.19. The Bertz CT molecular complexity index is 1330. The fourth-order valence-electron chi connectivity index (χ4n) is 3.28. The molecule has 0 radical (unpaired) electrons. The molecule has 2 aromatic carbocycles. The standard InChI is InChI=1S/C22H15BrN4OS/c23-14-8-9-19-20(11-14)29-22(26-19)27(13-15-5-3-4-10-24-15)21(28)17-12-25-18-7-2-1-6-16(17)18/h1-12,25H,13H2. The van der Waals surface area contributed by atoms with Crippen molar-refractivity contribution < 1.29 is 4.79 Å². The van der Waals surface area contributed by atoms with Crippen LogP contribution in [0, 0.1) is 0 Å². The smallest absolute Gasteiger partial charge is 0.262 e. The first kappa shape index (κ1) is 18.0. The normalized spacial score (nSPS) is 11.2. The van der Waals surface area contributed by atoms with Crippen molar-refractivity contribution in [1.82, 2.24) is 15.0 Å². The molecule has 5 nitrogen and oxygen atoms in total. The minimum absolute atomic E-state index is 0.105. The highest BCUT2D eigenvalue weighted by Crippen LogP contribution is 2.33. The number of aromatic nitrogens is 3. The van der Waals surface area contributed by atoms with E-state index in [1.807, 2.05) is 60.7 Å². The number of nitrogens with one attached hydrogen (secondary N) is 1. The molecule has 3 heterocycles. The summed E-state index contributed by atoms with van der Waals surface area (Å²) >= 11 is 5.00. The molecule has 29 heavy (non-hydrogen) atoms. The number of H-pyrrole nitrogens is 1. The topological polar surface area (TPSA) is 61.9 Å². The van der Waals surface area contributed by atoms with Gasteiger partial charge in [0, 0.05) is 27.8 Å². The Morgan fingerprint density at radius 3 is 2.83 bits per heavy atom. The molecule has 0 saturated carbocycles. The molecule has 5 aromatic rings. The molecule has 7 heteroatoms. The Hall–Kier alpha value is -3.03. The summed E-state index contributed by atoms with van der Waals surface area (Å²) in [5, 5.41) is 1.55. The van der Waals surface area contributed by atoms with Gasteiger partial charge in [-0.25, -0.2) is 4.98 Å². The highest BCUT2D eigenvalue weighted by atomic mass is 79.9. The minimum Gasteiger partial charge on any atom is -0.360 e. The summed E-state index contributed by atoms with van der Waals surface area (Å²) in [6.45, 7) is 0.347. The van der Waals surface area contributed by atoms with Gasteiger partial charge in [0.15, 0.2) is 5.13 Å². The van der Waals surface area contributed by atoms with E-state index in [-0.39, 0.29) is 5.91 Å². The van der Waals surface area contributed by atoms with E-state index in [0.29, 0.717) is 17.2 Å². The van der Waals surface area contributed by atoms with E-state index in [2.05, 4.69) is 25.9 Å². The highest BCUT2D eigenvalue weighted by molar-refractivity contribution is 9.10. The average Bonchev–Trinajstić information content (AvgIpc) is 3.36. The number of hydrogen-bond donors (Lipinski definition) is 1. The van der Waals surface area contributed by atoms with Gasteiger partial charge in [0.25, 0.3) is 5.91 Å². The number of nitrogens with zero attached hydrogens (tertiary/aromatic N) is 3. The van der Waals surface area contributed by atoms with Crippen LogP contribution >= 0.6 is 27.3 Å². The molecule has 142 valence electrons. The summed E-state index contributed by atoms with van der Waals surface area (Å²) in [5.41, 5.74) is 3.23. The van der Waals surface area contributed by atoms with Gasteiger partial charge in [0.05, 0.1) is 28.0 Å². The molecular weight excluding hydrogens is 448 g/mol. The second-order valence-electron chi connectivity index (χ2n) is 6.57. The van der Waals surface area contributed by atoms with Crippen LogP contribution in [0.15, 0.2) is 77.5 Å².